The molecule has 4 heteroatoms. The first-order valence-electron chi connectivity index (χ1n) is 5.91. The fourth-order valence-electron chi connectivity index (χ4n) is 1.73. The van der Waals surface area contributed by atoms with Crippen LogP contribution in [-0.2, 0) is 5.92 Å². The first-order valence-corrected chi connectivity index (χ1v) is 5.91. The molecule has 0 aliphatic rings. The van der Waals surface area contributed by atoms with Gasteiger partial charge in [0.15, 0.2) is 6.61 Å². The number of anilines is 1. The average Bonchev–Trinajstić information content (AvgIpc) is 2.39. The maximum Gasteiger partial charge on any atom is 0.306 e. The normalized spacial score (nSPS) is 11.3. The molecule has 0 saturated carbocycles. The van der Waals surface area contributed by atoms with Crippen molar-refractivity contribution < 1.29 is 13.5 Å². The summed E-state index contributed by atoms with van der Waals surface area (Å²) < 4.78 is 32.9. The highest BCUT2D eigenvalue weighted by Gasteiger charge is 2.32. The van der Waals surface area contributed by atoms with E-state index in [1.54, 1.807) is 36.4 Å². The summed E-state index contributed by atoms with van der Waals surface area (Å²) in [5, 5.41) is 0. The third kappa shape index (κ3) is 3.22. The van der Waals surface area contributed by atoms with Gasteiger partial charge in [-0.2, -0.15) is 8.78 Å². The van der Waals surface area contributed by atoms with Crippen LogP contribution in [0.2, 0.25) is 0 Å². The highest BCUT2D eigenvalue weighted by atomic mass is 19.3. The van der Waals surface area contributed by atoms with E-state index in [0.717, 1.165) is 5.56 Å². The highest BCUT2D eigenvalue weighted by molar-refractivity contribution is 5.54. The van der Waals surface area contributed by atoms with E-state index >= 15 is 0 Å². The van der Waals surface area contributed by atoms with Crippen LogP contribution in [0.25, 0.3) is 0 Å². The maximum atomic E-state index is 13.9. The fraction of sp³-hybridized carbons (Fsp3) is 0.200. The van der Waals surface area contributed by atoms with Crippen molar-refractivity contribution >= 4 is 5.69 Å². The molecule has 2 aromatic carbocycles. The molecule has 2 rings (SSSR count). The van der Waals surface area contributed by atoms with Crippen LogP contribution in [0.4, 0.5) is 14.5 Å². The molecular formula is C15H15F2NO. The van der Waals surface area contributed by atoms with Crippen LogP contribution in [0.1, 0.15) is 11.1 Å². The molecule has 2 N–H and O–H groups in total. The lowest BCUT2D eigenvalue weighted by Crippen LogP contribution is -2.23. The summed E-state index contributed by atoms with van der Waals surface area (Å²) in [6.45, 7) is 1.14. The molecule has 0 spiro atoms. The second-order valence-electron chi connectivity index (χ2n) is 4.40. The number of hydrogen-bond acceptors (Lipinski definition) is 2. The van der Waals surface area contributed by atoms with Gasteiger partial charge in [-0.1, -0.05) is 36.4 Å². The lowest BCUT2D eigenvalue weighted by Gasteiger charge is -2.18. The van der Waals surface area contributed by atoms with Gasteiger partial charge in [-0.05, 0) is 24.6 Å². The van der Waals surface area contributed by atoms with Crippen molar-refractivity contribution in [2.24, 2.45) is 0 Å². The Bertz CT molecular complexity index is 555. The van der Waals surface area contributed by atoms with E-state index in [1.165, 1.54) is 12.1 Å². The molecule has 0 bridgehead atoms. The number of halogens is 2. The van der Waals surface area contributed by atoms with Gasteiger partial charge < -0.3 is 10.5 Å². The van der Waals surface area contributed by atoms with Crippen LogP contribution in [0.5, 0.6) is 5.75 Å². The van der Waals surface area contributed by atoms with Crippen molar-refractivity contribution in [2.45, 2.75) is 12.8 Å². The number of ether oxygens (including phenoxy) is 1. The van der Waals surface area contributed by atoms with Crippen LogP contribution in [-0.4, -0.2) is 6.61 Å². The summed E-state index contributed by atoms with van der Waals surface area (Å²) in [7, 11) is 0. The Morgan fingerprint density at radius 2 is 1.79 bits per heavy atom. The molecule has 0 unspecified atom stereocenters. The standard InChI is InChI=1S/C15H15F2NO/c1-11-7-8-14(13(18)9-11)19-10-15(16,17)12-5-3-2-4-6-12/h2-9H,10,18H2,1H3. The minimum Gasteiger partial charge on any atom is -0.485 e. The van der Waals surface area contributed by atoms with E-state index in [0.29, 0.717) is 5.69 Å². The predicted molar refractivity (Wildman–Crippen MR) is 71.4 cm³/mol. The Kier molecular flexibility index (Phi) is 3.69. The van der Waals surface area contributed by atoms with E-state index in [4.69, 9.17) is 10.5 Å². The number of aryl methyl sites for hydroxylation is 1. The quantitative estimate of drug-likeness (QED) is 0.853. The zero-order valence-corrected chi connectivity index (χ0v) is 10.6. The van der Waals surface area contributed by atoms with Crippen LogP contribution in [0, 0.1) is 6.92 Å². The Balaban J connectivity index is 2.09. The number of alkyl halides is 2. The molecule has 0 aromatic heterocycles. The fourth-order valence-corrected chi connectivity index (χ4v) is 1.73. The first kappa shape index (κ1) is 13.3. The Morgan fingerprint density at radius 3 is 2.42 bits per heavy atom. The largest absolute Gasteiger partial charge is 0.485 e. The molecule has 2 aromatic rings. The molecule has 19 heavy (non-hydrogen) atoms. The molecule has 0 saturated heterocycles. The van der Waals surface area contributed by atoms with Crippen LogP contribution < -0.4 is 10.5 Å². The second kappa shape index (κ2) is 5.26. The third-order valence-corrected chi connectivity index (χ3v) is 2.77. The van der Waals surface area contributed by atoms with Gasteiger partial charge in [0, 0.05) is 5.56 Å². The van der Waals surface area contributed by atoms with Crippen LogP contribution in [0.15, 0.2) is 48.5 Å². The predicted octanol–water partition coefficient (Wildman–Crippen LogP) is 3.75. The van der Waals surface area contributed by atoms with Crippen molar-refractivity contribution in [3.05, 3.63) is 59.7 Å². The van der Waals surface area contributed by atoms with Gasteiger partial charge in [0.25, 0.3) is 0 Å². The number of rotatable bonds is 4. The number of nitrogen functional groups attached to an aromatic ring is 1. The lowest BCUT2D eigenvalue weighted by molar-refractivity contribution is -0.0465. The van der Waals surface area contributed by atoms with E-state index in [9.17, 15) is 8.78 Å². The molecule has 100 valence electrons. The molecule has 0 radical (unpaired) electrons. The van der Waals surface area contributed by atoms with Crippen molar-refractivity contribution in [3.63, 3.8) is 0 Å². The topological polar surface area (TPSA) is 35.2 Å². The van der Waals surface area contributed by atoms with E-state index in [-0.39, 0.29) is 11.3 Å². The molecule has 0 amide bonds. The van der Waals surface area contributed by atoms with E-state index < -0.39 is 12.5 Å². The summed E-state index contributed by atoms with van der Waals surface area (Å²) in [5.41, 5.74) is 6.97. The van der Waals surface area contributed by atoms with Gasteiger partial charge in [0.1, 0.15) is 5.75 Å². The smallest absolute Gasteiger partial charge is 0.306 e. The molecule has 2 nitrogen and oxygen atoms in total. The summed E-state index contributed by atoms with van der Waals surface area (Å²) in [6, 6.07) is 12.7. The van der Waals surface area contributed by atoms with Crippen molar-refractivity contribution in [3.8, 4) is 5.75 Å². The van der Waals surface area contributed by atoms with Crippen LogP contribution >= 0.6 is 0 Å². The maximum absolute atomic E-state index is 13.9. The molecular weight excluding hydrogens is 248 g/mol. The average molecular weight is 263 g/mol. The molecule has 0 heterocycles. The summed E-state index contributed by atoms with van der Waals surface area (Å²) in [4.78, 5) is 0. The Labute approximate surface area is 110 Å². The van der Waals surface area contributed by atoms with Crippen molar-refractivity contribution in [2.75, 3.05) is 12.3 Å². The van der Waals surface area contributed by atoms with E-state index in [2.05, 4.69) is 0 Å². The lowest BCUT2D eigenvalue weighted by atomic mass is 10.1. The minimum absolute atomic E-state index is 0.0688. The Morgan fingerprint density at radius 1 is 1.11 bits per heavy atom. The van der Waals surface area contributed by atoms with Gasteiger partial charge in [-0.25, -0.2) is 0 Å². The molecule has 0 aliphatic carbocycles. The van der Waals surface area contributed by atoms with Gasteiger partial charge in [-0.3, -0.25) is 0 Å². The monoisotopic (exact) mass is 263 g/mol. The van der Waals surface area contributed by atoms with Gasteiger partial charge >= 0.3 is 5.92 Å². The Hall–Kier alpha value is -2.10. The number of nitrogens with two attached hydrogens (primary N) is 1. The van der Waals surface area contributed by atoms with Gasteiger partial charge in [0.2, 0.25) is 0 Å². The minimum atomic E-state index is -3.04. The molecule has 0 atom stereocenters. The summed E-state index contributed by atoms with van der Waals surface area (Å²) in [6.07, 6.45) is 0. The molecule has 0 fully saturated rings. The number of hydrogen-bond donors (Lipinski definition) is 1. The molecule has 0 aliphatic heterocycles. The summed E-state index contributed by atoms with van der Waals surface area (Å²) >= 11 is 0. The van der Waals surface area contributed by atoms with E-state index in [1.807, 2.05) is 6.92 Å². The SMILES string of the molecule is Cc1ccc(OCC(F)(F)c2ccccc2)c(N)c1. The van der Waals surface area contributed by atoms with Crippen molar-refractivity contribution in [1.82, 2.24) is 0 Å². The van der Waals surface area contributed by atoms with Crippen LogP contribution in [0.3, 0.4) is 0 Å². The zero-order valence-electron chi connectivity index (χ0n) is 10.6. The van der Waals surface area contributed by atoms with Gasteiger partial charge in [0.05, 0.1) is 5.69 Å². The third-order valence-electron chi connectivity index (χ3n) is 2.77. The number of benzene rings is 2. The summed E-state index contributed by atoms with van der Waals surface area (Å²) in [5.74, 6) is -2.76. The second-order valence-corrected chi connectivity index (χ2v) is 4.40. The first-order chi connectivity index (χ1) is 8.99. The van der Waals surface area contributed by atoms with Gasteiger partial charge in [-0.15, -0.1) is 0 Å². The highest BCUT2D eigenvalue weighted by Crippen LogP contribution is 2.30. The van der Waals surface area contributed by atoms with Crippen molar-refractivity contribution in [1.29, 1.82) is 0 Å². The zero-order chi connectivity index (χ0) is 13.9.